The molecule has 1 aromatic rings. The van der Waals surface area contributed by atoms with Crippen LogP contribution in [0.5, 0.6) is 0 Å². The highest BCUT2D eigenvalue weighted by atomic mass is 32.2. The molecule has 122 valence electrons. The smallest absolute Gasteiger partial charge is 0.357 e. The average Bonchev–Trinajstić information content (AvgIpc) is 2.96. The van der Waals surface area contributed by atoms with E-state index in [1.807, 2.05) is 0 Å². The first-order valence-electron chi connectivity index (χ1n) is 6.84. The van der Waals surface area contributed by atoms with E-state index in [0.717, 1.165) is 17.8 Å². The van der Waals surface area contributed by atoms with E-state index in [0.29, 0.717) is 0 Å². The van der Waals surface area contributed by atoms with Crippen molar-refractivity contribution in [2.45, 2.75) is 13.8 Å². The number of esters is 2. The number of carbonyl (C=O) groups excluding carboxylic acids is 4. The highest BCUT2D eigenvalue weighted by Gasteiger charge is 2.34. The molecule has 0 spiro atoms. The van der Waals surface area contributed by atoms with Gasteiger partial charge in [0.2, 0.25) is 11.6 Å². The summed E-state index contributed by atoms with van der Waals surface area (Å²) in [7, 11) is 0. The number of thioether (sulfide) groups is 1. The number of fused-ring (bicyclic) bond motifs is 1. The van der Waals surface area contributed by atoms with Crippen molar-refractivity contribution in [2.24, 2.45) is 0 Å². The number of allylic oxidation sites excluding steroid dienone is 2. The molecule has 9 heteroatoms. The van der Waals surface area contributed by atoms with Gasteiger partial charge in [-0.05, 0) is 13.8 Å². The number of ether oxygens (including phenoxy) is 2. The lowest BCUT2D eigenvalue weighted by molar-refractivity contribution is -0.139. The largest absolute Gasteiger partial charge is 0.465 e. The zero-order valence-corrected chi connectivity index (χ0v) is 13.3. The zero-order chi connectivity index (χ0) is 17.0. The van der Waals surface area contributed by atoms with E-state index in [-0.39, 0.29) is 40.8 Å². The molecule has 1 N–H and O–H groups in total. The normalized spacial score (nSPS) is 13.4. The predicted octanol–water partition coefficient (Wildman–Crippen LogP) is 1.15. The van der Waals surface area contributed by atoms with E-state index in [1.54, 1.807) is 13.8 Å². The van der Waals surface area contributed by atoms with Crippen LogP contribution in [0.2, 0.25) is 0 Å². The summed E-state index contributed by atoms with van der Waals surface area (Å²) in [5, 5.41) is 6.08. The molecule has 0 saturated heterocycles. The fourth-order valence-electron chi connectivity index (χ4n) is 1.92. The molecule has 0 amide bonds. The quantitative estimate of drug-likeness (QED) is 0.768. The van der Waals surface area contributed by atoms with Gasteiger partial charge in [0.05, 0.1) is 29.4 Å². The van der Waals surface area contributed by atoms with Crippen molar-refractivity contribution in [1.29, 1.82) is 0 Å². The summed E-state index contributed by atoms with van der Waals surface area (Å²) in [6.07, 6.45) is 1.10. The van der Waals surface area contributed by atoms with Gasteiger partial charge in [-0.15, -0.1) is 11.8 Å². The first kappa shape index (κ1) is 16.9. The number of aromatic amines is 1. The Hall–Kier alpha value is -2.42. The molecule has 1 heterocycles. The van der Waals surface area contributed by atoms with Gasteiger partial charge in [-0.25, -0.2) is 4.79 Å². The maximum Gasteiger partial charge on any atom is 0.357 e. The number of Topliss-reactive ketones (excluding diaryl/α,β-unsaturated/α-hetero) is 1. The number of nitrogens with zero attached hydrogens (tertiary/aromatic N) is 1. The van der Waals surface area contributed by atoms with Gasteiger partial charge in [0.15, 0.2) is 5.69 Å². The number of hydrogen-bond acceptors (Lipinski definition) is 8. The second-order valence-electron chi connectivity index (χ2n) is 4.34. The number of nitrogens with one attached hydrogen (secondary N) is 1. The molecule has 0 bridgehead atoms. The van der Waals surface area contributed by atoms with Gasteiger partial charge in [-0.1, -0.05) is 0 Å². The van der Waals surface area contributed by atoms with Crippen molar-refractivity contribution in [2.75, 3.05) is 19.0 Å². The summed E-state index contributed by atoms with van der Waals surface area (Å²) in [6.45, 7) is 3.63. The van der Waals surface area contributed by atoms with Crippen molar-refractivity contribution in [1.82, 2.24) is 10.2 Å². The van der Waals surface area contributed by atoms with Gasteiger partial charge in [0.25, 0.3) is 0 Å². The SMILES string of the molecule is CCOC(=O)CSC1=CC(=O)c2n[nH]c(C(=O)OCC)c2C1=O. The maximum atomic E-state index is 12.5. The molecule has 0 fully saturated rings. The number of rotatable bonds is 6. The van der Waals surface area contributed by atoms with Crippen molar-refractivity contribution < 1.29 is 28.7 Å². The molecular weight excluding hydrogens is 324 g/mol. The van der Waals surface area contributed by atoms with Gasteiger partial charge < -0.3 is 9.47 Å². The third-order valence-electron chi connectivity index (χ3n) is 2.84. The van der Waals surface area contributed by atoms with Crippen molar-refractivity contribution in [3.8, 4) is 0 Å². The highest BCUT2D eigenvalue weighted by molar-refractivity contribution is 8.04. The third-order valence-corrected chi connectivity index (χ3v) is 3.84. The lowest BCUT2D eigenvalue weighted by Gasteiger charge is -2.11. The molecular formula is C14H14N2O6S. The Morgan fingerprint density at radius 1 is 1.22 bits per heavy atom. The van der Waals surface area contributed by atoms with Gasteiger partial charge in [0, 0.05) is 6.08 Å². The standard InChI is InChI=1S/C14H14N2O6S/c1-3-21-9(18)6-23-8-5-7(17)11-10(13(8)19)12(16-15-11)14(20)22-4-2/h5H,3-4,6H2,1-2H3,(H,15,16). The number of aromatic nitrogens is 2. The molecule has 0 saturated carbocycles. The van der Waals surface area contributed by atoms with E-state index in [9.17, 15) is 19.2 Å². The summed E-state index contributed by atoms with van der Waals surface area (Å²) in [5.41, 5.74) is -0.414. The lowest BCUT2D eigenvalue weighted by Crippen LogP contribution is -2.19. The lowest BCUT2D eigenvalue weighted by atomic mass is 9.99. The molecule has 1 aliphatic rings. The summed E-state index contributed by atoms with van der Waals surface area (Å²) >= 11 is 0.880. The number of carbonyl (C=O) groups is 4. The molecule has 0 atom stereocenters. The van der Waals surface area contributed by atoms with E-state index < -0.39 is 23.5 Å². The van der Waals surface area contributed by atoms with Crippen LogP contribution >= 0.6 is 11.8 Å². The predicted molar refractivity (Wildman–Crippen MR) is 80.4 cm³/mol. The van der Waals surface area contributed by atoms with E-state index >= 15 is 0 Å². The topological polar surface area (TPSA) is 115 Å². The first-order valence-corrected chi connectivity index (χ1v) is 7.82. The van der Waals surface area contributed by atoms with Crippen LogP contribution in [0, 0.1) is 0 Å². The fraction of sp³-hybridized carbons (Fsp3) is 0.357. The van der Waals surface area contributed by atoms with E-state index in [4.69, 9.17) is 9.47 Å². The van der Waals surface area contributed by atoms with E-state index in [1.165, 1.54) is 0 Å². The third kappa shape index (κ3) is 3.50. The Morgan fingerprint density at radius 2 is 1.91 bits per heavy atom. The minimum atomic E-state index is -0.765. The van der Waals surface area contributed by atoms with Gasteiger partial charge in [0.1, 0.15) is 5.69 Å². The number of H-pyrrole nitrogens is 1. The minimum absolute atomic E-state index is 0.0579. The molecule has 2 rings (SSSR count). The minimum Gasteiger partial charge on any atom is -0.465 e. The summed E-state index contributed by atoms with van der Waals surface area (Å²) < 4.78 is 9.59. The first-order chi connectivity index (χ1) is 11.0. The van der Waals surface area contributed by atoms with Crippen LogP contribution < -0.4 is 0 Å². The van der Waals surface area contributed by atoms with Crippen LogP contribution in [0.3, 0.4) is 0 Å². The van der Waals surface area contributed by atoms with Crippen molar-refractivity contribution in [3.05, 3.63) is 27.9 Å². The molecule has 0 radical (unpaired) electrons. The number of hydrogen-bond donors (Lipinski definition) is 1. The maximum absolute atomic E-state index is 12.5. The second-order valence-corrected chi connectivity index (χ2v) is 5.36. The molecule has 1 aliphatic carbocycles. The van der Waals surface area contributed by atoms with Crippen LogP contribution in [-0.4, -0.2) is 52.7 Å². The molecule has 1 aromatic heterocycles. The summed E-state index contributed by atoms with van der Waals surface area (Å²) in [5.74, 6) is -2.44. The van der Waals surface area contributed by atoms with Gasteiger partial charge in [-0.3, -0.25) is 19.5 Å². The number of ketones is 2. The zero-order valence-electron chi connectivity index (χ0n) is 12.5. The highest BCUT2D eigenvalue weighted by Crippen LogP contribution is 2.29. The Balaban J connectivity index is 2.24. The van der Waals surface area contributed by atoms with Gasteiger partial charge in [-0.2, -0.15) is 5.10 Å². The Kier molecular flexibility index (Phi) is 5.32. The van der Waals surface area contributed by atoms with Crippen LogP contribution in [0.15, 0.2) is 11.0 Å². The van der Waals surface area contributed by atoms with Gasteiger partial charge >= 0.3 is 11.9 Å². The Bertz CT molecular complexity index is 706. The Morgan fingerprint density at radius 3 is 2.57 bits per heavy atom. The summed E-state index contributed by atoms with van der Waals surface area (Å²) in [4.78, 5) is 47.7. The second kappa shape index (κ2) is 7.23. The fourth-order valence-corrected chi connectivity index (χ4v) is 2.70. The average molecular weight is 338 g/mol. The molecule has 23 heavy (non-hydrogen) atoms. The molecule has 0 unspecified atom stereocenters. The van der Waals surface area contributed by atoms with Crippen LogP contribution in [0.25, 0.3) is 0 Å². The molecule has 8 nitrogen and oxygen atoms in total. The van der Waals surface area contributed by atoms with Crippen LogP contribution in [0.4, 0.5) is 0 Å². The van der Waals surface area contributed by atoms with Crippen molar-refractivity contribution >= 4 is 35.3 Å². The van der Waals surface area contributed by atoms with E-state index in [2.05, 4.69) is 10.2 Å². The Labute approximate surface area is 135 Å². The van der Waals surface area contributed by atoms with Crippen LogP contribution in [-0.2, 0) is 14.3 Å². The van der Waals surface area contributed by atoms with Crippen LogP contribution in [0.1, 0.15) is 45.2 Å². The molecule has 0 aliphatic heterocycles. The van der Waals surface area contributed by atoms with Crippen molar-refractivity contribution in [3.63, 3.8) is 0 Å². The molecule has 0 aromatic carbocycles. The monoisotopic (exact) mass is 338 g/mol. The summed E-state index contributed by atoms with van der Waals surface area (Å²) in [6, 6.07) is 0.